The van der Waals surface area contributed by atoms with Crippen LogP contribution < -0.4 is 5.69 Å². The molecule has 3 heterocycles. The number of aromatic nitrogens is 4. The van der Waals surface area contributed by atoms with Gasteiger partial charge in [0.05, 0.1) is 11.9 Å². The second kappa shape index (κ2) is 4.94. The first-order valence-corrected chi connectivity index (χ1v) is 6.83. The van der Waals surface area contributed by atoms with Crippen LogP contribution in [0.25, 0.3) is 22.6 Å². The van der Waals surface area contributed by atoms with Crippen molar-refractivity contribution in [3.05, 3.63) is 33.5 Å². The monoisotopic (exact) mass is 276 g/mol. The van der Waals surface area contributed by atoms with Gasteiger partial charge in [0.2, 0.25) is 0 Å². The SMILES string of the molecule is O=c1[nH]c2ncc(-c3ccsc3)nc2n1CCCO. The van der Waals surface area contributed by atoms with Crippen LogP contribution in [-0.2, 0) is 6.54 Å². The first-order valence-electron chi connectivity index (χ1n) is 5.88. The van der Waals surface area contributed by atoms with Crippen LogP contribution in [0.1, 0.15) is 6.42 Å². The minimum absolute atomic E-state index is 0.0385. The molecule has 0 aliphatic rings. The standard InChI is InChI=1S/C12H12N4O2S/c17-4-1-3-16-11-10(15-12(16)18)13-6-9(14-11)8-2-5-19-7-8/h2,5-7,17H,1,3-4H2,(H,13,15,18). The van der Waals surface area contributed by atoms with Crippen molar-refractivity contribution in [3.8, 4) is 11.3 Å². The number of H-pyrrole nitrogens is 1. The lowest BCUT2D eigenvalue weighted by Crippen LogP contribution is -2.17. The van der Waals surface area contributed by atoms with E-state index in [1.165, 1.54) is 4.57 Å². The van der Waals surface area contributed by atoms with E-state index in [9.17, 15) is 4.79 Å². The maximum atomic E-state index is 11.8. The van der Waals surface area contributed by atoms with Crippen molar-refractivity contribution >= 4 is 22.6 Å². The Morgan fingerprint density at radius 1 is 1.47 bits per heavy atom. The van der Waals surface area contributed by atoms with Crippen molar-refractivity contribution in [1.29, 1.82) is 0 Å². The molecule has 6 nitrogen and oxygen atoms in total. The van der Waals surface area contributed by atoms with Gasteiger partial charge >= 0.3 is 5.69 Å². The average molecular weight is 276 g/mol. The number of nitrogens with one attached hydrogen (secondary N) is 1. The third kappa shape index (κ3) is 2.18. The molecule has 98 valence electrons. The molecule has 19 heavy (non-hydrogen) atoms. The van der Waals surface area contributed by atoms with Crippen molar-refractivity contribution in [2.45, 2.75) is 13.0 Å². The Kier molecular flexibility index (Phi) is 3.14. The molecule has 2 N–H and O–H groups in total. The summed E-state index contributed by atoms with van der Waals surface area (Å²) >= 11 is 1.59. The van der Waals surface area contributed by atoms with E-state index in [1.54, 1.807) is 17.5 Å². The van der Waals surface area contributed by atoms with Gasteiger partial charge < -0.3 is 5.11 Å². The molecule has 0 aliphatic heterocycles. The number of nitrogens with zero attached hydrogens (tertiary/aromatic N) is 3. The highest BCUT2D eigenvalue weighted by molar-refractivity contribution is 7.08. The molecule has 0 amide bonds. The summed E-state index contributed by atoms with van der Waals surface area (Å²) in [6.07, 6.45) is 2.16. The minimum atomic E-state index is -0.245. The first-order chi connectivity index (χ1) is 9.29. The maximum absolute atomic E-state index is 11.8. The van der Waals surface area contributed by atoms with E-state index >= 15 is 0 Å². The molecule has 0 radical (unpaired) electrons. The van der Waals surface area contributed by atoms with Crippen molar-refractivity contribution in [1.82, 2.24) is 19.5 Å². The van der Waals surface area contributed by atoms with Crippen LogP contribution in [0.5, 0.6) is 0 Å². The molecular formula is C12H12N4O2S. The number of aliphatic hydroxyl groups excluding tert-OH is 1. The van der Waals surface area contributed by atoms with Gasteiger partial charge in [-0.15, -0.1) is 0 Å². The fraction of sp³-hybridized carbons (Fsp3) is 0.250. The van der Waals surface area contributed by atoms with Gasteiger partial charge in [-0.05, 0) is 17.9 Å². The highest BCUT2D eigenvalue weighted by atomic mass is 32.1. The number of hydrogen-bond acceptors (Lipinski definition) is 5. The zero-order valence-electron chi connectivity index (χ0n) is 10.0. The summed E-state index contributed by atoms with van der Waals surface area (Å²) in [5, 5.41) is 12.8. The molecule has 3 rings (SSSR count). The van der Waals surface area contributed by atoms with E-state index in [1.807, 2.05) is 16.8 Å². The minimum Gasteiger partial charge on any atom is -0.396 e. The lowest BCUT2D eigenvalue weighted by molar-refractivity contribution is 0.280. The van der Waals surface area contributed by atoms with Crippen LogP contribution >= 0.6 is 11.3 Å². The third-order valence-electron chi connectivity index (χ3n) is 2.84. The fourth-order valence-corrected chi connectivity index (χ4v) is 2.56. The highest BCUT2D eigenvalue weighted by Crippen LogP contribution is 2.20. The largest absolute Gasteiger partial charge is 0.396 e. The van der Waals surface area contributed by atoms with Gasteiger partial charge in [-0.2, -0.15) is 11.3 Å². The van der Waals surface area contributed by atoms with E-state index in [4.69, 9.17) is 5.11 Å². The summed E-state index contributed by atoms with van der Waals surface area (Å²) < 4.78 is 1.51. The first kappa shape index (κ1) is 12.1. The molecule has 0 bridgehead atoms. The van der Waals surface area contributed by atoms with Crippen LogP contribution in [0.2, 0.25) is 0 Å². The lowest BCUT2D eigenvalue weighted by Gasteiger charge is -2.01. The molecule has 7 heteroatoms. The Morgan fingerprint density at radius 3 is 3.11 bits per heavy atom. The van der Waals surface area contributed by atoms with Crippen molar-refractivity contribution < 1.29 is 5.11 Å². The molecule has 3 aromatic heterocycles. The van der Waals surface area contributed by atoms with Gasteiger partial charge in [0, 0.05) is 24.1 Å². The number of aromatic amines is 1. The molecule has 0 unspecified atom stereocenters. The molecule has 0 atom stereocenters. The summed E-state index contributed by atoms with van der Waals surface area (Å²) in [6, 6.07) is 1.96. The van der Waals surface area contributed by atoms with Crippen LogP contribution in [0.3, 0.4) is 0 Å². The fourth-order valence-electron chi connectivity index (χ4n) is 1.91. The zero-order chi connectivity index (χ0) is 13.2. The second-order valence-electron chi connectivity index (χ2n) is 4.10. The van der Waals surface area contributed by atoms with Crippen molar-refractivity contribution in [2.75, 3.05) is 6.61 Å². The summed E-state index contributed by atoms with van der Waals surface area (Å²) in [6.45, 7) is 0.466. The van der Waals surface area contributed by atoms with Gasteiger partial charge in [0.1, 0.15) is 0 Å². The Morgan fingerprint density at radius 2 is 2.37 bits per heavy atom. The summed E-state index contributed by atoms with van der Waals surface area (Å²) in [4.78, 5) is 23.2. The molecule has 0 saturated heterocycles. The van der Waals surface area contributed by atoms with Gasteiger partial charge in [0.25, 0.3) is 0 Å². The number of rotatable bonds is 4. The number of aryl methyl sites for hydroxylation is 1. The number of thiophene rings is 1. The lowest BCUT2D eigenvalue weighted by atomic mass is 10.2. The van der Waals surface area contributed by atoms with Crippen LogP contribution in [0.15, 0.2) is 27.8 Å². The average Bonchev–Trinajstić information content (AvgIpc) is 3.03. The van der Waals surface area contributed by atoms with E-state index < -0.39 is 0 Å². The maximum Gasteiger partial charge on any atom is 0.328 e. The molecule has 0 aliphatic carbocycles. The van der Waals surface area contributed by atoms with Gasteiger partial charge in [-0.25, -0.2) is 14.8 Å². The normalized spacial score (nSPS) is 11.2. The second-order valence-corrected chi connectivity index (χ2v) is 4.88. The summed E-state index contributed by atoms with van der Waals surface area (Å²) in [7, 11) is 0. The van der Waals surface area contributed by atoms with Crippen LogP contribution in [0.4, 0.5) is 0 Å². The molecule has 0 spiro atoms. The van der Waals surface area contributed by atoms with E-state index in [0.717, 1.165) is 11.3 Å². The third-order valence-corrected chi connectivity index (χ3v) is 3.52. The quantitative estimate of drug-likeness (QED) is 0.750. The van der Waals surface area contributed by atoms with Crippen molar-refractivity contribution in [2.24, 2.45) is 0 Å². The molecule has 0 fully saturated rings. The Bertz CT molecular complexity index is 745. The predicted molar refractivity (Wildman–Crippen MR) is 73.2 cm³/mol. The van der Waals surface area contributed by atoms with E-state index in [-0.39, 0.29) is 12.3 Å². The highest BCUT2D eigenvalue weighted by Gasteiger charge is 2.10. The Labute approximate surface area is 112 Å². The number of aliphatic hydroxyl groups is 1. The molecular weight excluding hydrogens is 264 g/mol. The zero-order valence-corrected chi connectivity index (χ0v) is 10.9. The molecule has 0 saturated carbocycles. The topological polar surface area (TPSA) is 83.8 Å². The van der Waals surface area contributed by atoms with Gasteiger partial charge in [0.15, 0.2) is 11.3 Å². The number of hydrogen-bond donors (Lipinski definition) is 2. The Balaban J connectivity index is 2.13. The summed E-state index contributed by atoms with van der Waals surface area (Å²) in [5.41, 5.74) is 2.49. The van der Waals surface area contributed by atoms with Crippen molar-refractivity contribution in [3.63, 3.8) is 0 Å². The molecule has 3 aromatic rings. The predicted octanol–water partition coefficient (Wildman–Crippen LogP) is 1.23. The summed E-state index contributed by atoms with van der Waals surface area (Å²) in [5.74, 6) is 0. The smallest absolute Gasteiger partial charge is 0.328 e. The van der Waals surface area contributed by atoms with Gasteiger partial charge in [-0.3, -0.25) is 9.55 Å². The molecule has 0 aromatic carbocycles. The number of fused-ring (bicyclic) bond motifs is 1. The van der Waals surface area contributed by atoms with E-state index in [0.29, 0.717) is 24.3 Å². The van der Waals surface area contributed by atoms with Crippen LogP contribution in [-0.4, -0.2) is 31.2 Å². The Hall–Kier alpha value is -1.99. The van der Waals surface area contributed by atoms with Gasteiger partial charge in [-0.1, -0.05) is 0 Å². The van der Waals surface area contributed by atoms with Crippen LogP contribution in [0, 0.1) is 0 Å². The van der Waals surface area contributed by atoms with E-state index in [2.05, 4.69) is 15.0 Å². The number of imidazole rings is 1.